The number of hydrogen-bond acceptors (Lipinski definition) is 6. The number of aryl methyl sites for hydroxylation is 2. The van der Waals surface area contributed by atoms with Gasteiger partial charge in [-0.2, -0.15) is 5.10 Å². The molecule has 2 aromatic heterocycles. The summed E-state index contributed by atoms with van der Waals surface area (Å²) >= 11 is 7.22. The third-order valence-electron chi connectivity index (χ3n) is 10.2. The highest BCUT2D eigenvalue weighted by Gasteiger charge is 2.44. The molecule has 2 unspecified atom stereocenters. The van der Waals surface area contributed by atoms with E-state index in [1.54, 1.807) is 0 Å². The van der Waals surface area contributed by atoms with E-state index in [4.69, 9.17) is 30.9 Å². The van der Waals surface area contributed by atoms with Crippen LogP contribution < -0.4 is 4.74 Å². The van der Waals surface area contributed by atoms with Crippen LogP contribution in [0.4, 0.5) is 4.79 Å². The zero-order valence-electron chi connectivity index (χ0n) is 30.4. The molecule has 2 aliphatic heterocycles. The maximum absolute atomic E-state index is 14.1. The van der Waals surface area contributed by atoms with Gasteiger partial charge in [-0.3, -0.25) is 9.58 Å². The summed E-state index contributed by atoms with van der Waals surface area (Å²) in [4.78, 5) is 29.8. The molecular weight excluding hydrogens is 664 g/mol. The fourth-order valence-corrected chi connectivity index (χ4v) is 8.46. The number of amides is 1. The monoisotopic (exact) mass is 710 g/mol. The van der Waals surface area contributed by atoms with Crippen LogP contribution in [0.5, 0.6) is 5.75 Å². The molecule has 4 heterocycles. The van der Waals surface area contributed by atoms with Crippen LogP contribution in [0.2, 0.25) is 5.02 Å². The van der Waals surface area contributed by atoms with Crippen LogP contribution in [0, 0.1) is 5.92 Å². The minimum absolute atomic E-state index is 0.0388. The number of aromatic nitrogens is 3. The number of carbonyl (C=O) groups is 2. The summed E-state index contributed by atoms with van der Waals surface area (Å²) < 4.78 is 22.2. The van der Waals surface area contributed by atoms with E-state index in [2.05, 4.69) is 29.7 Å². The topological polar surface area (TPSA) is 87.8 Å². The highest BCUT2D eigenvalue weighted by atomic mass is 35.5. The fourth-order valence-electron chi connectivity index (χ4n) is 8.22. The van der Waals surface area contributed by atoms with E-state index in [0.717, 1.165) is 68.3 Å². The Morgan fingerprint density at radius 2 is 1.78 bits per heavy atom. The van der Waals surface area contributed by atoms with Gasteiger partial charge in [-0.15, -0.1) is 0 Å². The number of likely N-dealkylation sites (tertiary alicyclic amines) is 1. The zero-order chi connectivity index (χ0) is 36.0. The molecule has 3 aromatic carbocycles. The van der Waals surface area contributed by atoms with E-state index in [9.17, 15) is 9.59 Å². The molecule has 0 N–H and O–H groups in total. The standard InChI is InChI=1S/C41H47ClN4O5/c1-7-31-34-33-30(42)21-20-29-28(18-13-23-50-32-19-11-15-25-14-9-10-17-27(25)32)38(39(47)49-8-2)46(37(29)33)24-26-16-12-22-45(40(48)51-41(3,4)5)36(26)35(34)43-44(31)6/h9-11,14-15,17,19-21,26,36H,7-8,12-13,16,18,22-24H2,1-6H3. The lowest BCUT2D eigenvalue weighted by Crippen LogP contribution is -2.46. The van der Waals surface area contributed by atoms with Gasteiger partial charge in [0.05, 0.1) is 35.5 Å². The Bertz CT molecular complexity index is 2120. The van der Waals surface area contributed by atoms with Gasteiger partial charge in [0, 0.05) is 53.6 Å². The number of halogens is 1. The molecule has 0 aliphatic carbocycles. The van der Waals surface area contributed by atoms with Crippen LogP contribution >= 0.6 is 11.6 Å². The average molecular weight is 711 g/mol. The first-order valence-corrected chi connectivity index (χ1v) is 18.6. The SMILES string of the molecule is CCOC(=O)c1c(CCCOc2cccc3ccccc23)c2ccc(Cl)c3c2n1CC1CCCN(C(=O)OC(C)(C)C)C1c1nn(C)c(CC)c1-3. The fraction of sp³-hybridized carbons (Fsp3) is 0.439. The lowest BCUT2D eigenvalue weighted by Gasteiger charge is -2.42. The Kier molecular flexibility index (Phi) is 9.52. The summed E-state index contributed by atoms with van der Waals surface area (Å²) in [5, 5.41) is 8.88. The Hall–Kier alpha value is -4.50. The lowest BCUT2D eigenvalue weighted by molar-refractivity contribution is -0.00339. The van der Waals surface area contributed by atoms with Gasteiger partial charge in [0.25, 0.3) is 0 Å². The van der Waals surface area contributed by atoms with Crippen molar-refractivity contribution in [2.24, 2.45) is 13.0 Å². The van der Waals surface area contributed by atoms with Crippen molar-refractivity contribution in [3.8, 4) is 16.9 Å². The molecule has 10 heteroatoms. The molecule has 1 saturated heterocycles. The lowest BCUT2D eigenvalue weighted by atomic mass is 9.82. The van der Waals surface area contributed by atoms with Crippen LogP contribution in [0.1, 0.15) is 87.4 Å². The van der Waals surface area contributed by atoms with E-state index in [0.29, 0.717) is 49.7 Å². The molecule has 2 aliphatic rings. The van der Waals surface area contributed by atoms with E-state index >= 15 is 0 Å². The molecule has 0 radical (unpaired) electrons. The van der Waals surface area contributed by atoms with Gasteiger partial charge in [0.15, 0.2) is 0 Å². The predicted octanol–water partition coefficient (Wildman–Crippen LogP) is 9.30. The highest BCUT2D eigenvalue weighted by Crippen LogP contribution is 2.50. The number of piperidine rings is 1. The molecule has 1 fully saturated rings. The molecule has 0 spiro atoms. The Labute approximate surface area is 304 Å². The van der Waals surface area contributed by atoms with Crippen molar-refractivity contribution in [3.05, 3.63) is 82.3 Å². The second kappa shape index (κ2) is 13.9. The van der Waals surface area contributed by atoms with Crippen LogP contribution in [-0.4, -0.2) is 56.7 Å². The summed E-state index contributed by atoms with van der Waals surface area (Å²) in [6, 6.07) is 17.9. The third kappa shape index (κ3) is 6.34. The minimum Gasteiger partial charge on any atom is -0.493 e. The van der Waals surface area contributed by atoms with Crippen molar-refractivity contribution in [2.75, 3.05) is 19.8 Å². The zero-order valence-corrected chi connectivity index (χ0v) is 31.2. The van der Waals surface area contributed by atoms with Gasteiger partial charge in [-0.25, -0.2) is 9.59 Å². The Balaban J connectivity index is 1.37. The first-order chi connectivity index (χ1) is 24.5. The largest absolute Gasteiger partial charge is 0.493 e. The van der Waals surface area contributed by atoms with Gasteiger partial charge in [-0.1, -0.05) is 61.0 Å². The highest BCUT2D eigenvalue weighted by molar-refractivity contribution is 6.35. The molecule has 1 amide bonds. The van der Waals surface area contributed by atoms with Crippen LogP contribution in [0.15, 0.2) is 54.6 Å². The number of hydrogen-bond donors (Lipinski definition) is 0. The third-order valence-corrected chi connectivity index (χ3v) is 10.5. The predicted molar refractivity (Wildman–Crippen MR) is 201 cm³/mol. The van der Waals surface area contributed by atoms with Gasteiger partial charge in [0.2, 0.25) is 0 Å². The van der Waals surface area contributed by atoms with Crippen molar-refractivity contribution in [1.82, 2.24) is 19.2 Å². The van der Waals surface area contributed by atoms with Crippen LogP contribution in [0.25, 0.3) is 32.8 Å². The van der Waals surface area contributed by atoms with E-state index in [1.807, 2.05) is 80.7 Å². The van der Waals surface area contributed by atoms with Crippen LogP contribution in [-0.2, 0) is 35.9 Å². The molecule has 5 aromatic rings. The van der Waals surface area contributed by atoms with Crippen molar-refractivity contribution < 1.29 is 23.8 Å². The number of esters is 1. The first-order valence-electron chi connectivity index (χ1n) is 18.2. The van der Waals surface area contributed by atoms with Crippen molar-refractivity contribution in [3.63, 3.8) is 0 Å². The van der Waals surface area contributed by atoms with Gasteiger partial charge in [0.1, 0.15) is 17.0 Å². The molecular formula is C41H47ClN4O5. The second-order valence-corrected chi connectivity index (χ2v) is 15.0. The summed E-state index contributed by atoms with van der Waals surface area (Å²) in [6.07, 6.45) is 3.29. The molecule has 0 saturated carbocycles. The number of rotatable bonds is 8. The molecule has 0 bridgehead atoms. The number of benzene rings is 3. The van der Waals surface area contributed by atoms with Gasteiger partial charge >= 0.3 is 12.1 Å². The average Bonchev–Trinajstić information content (AvgIpc) is 3.58. The van der Waals surface area contributed by atoms with Crippen molar-refractivity contribution in [1.29, 1.82) is 0 Å². The minimum atomic E-state index is -0.654. The van der Waals surface area contributed by atoms with E-state index < -0.39 is 5.60 Å². The molecule has 2 atom stereocenters. The summed E-state index contributed by atoms with van der Waals surface area (Å²) in [6.45, 7) is 11.4. The number of ether oxygens (including phenoxy) is 3. The summed E-state index contributed by atoms with van der Waals surface area (Å²) in [5.74, 6) is 0.443. The van der Waals surface area contributed by atoms with Crippen molar-refractivity contribution in [2.45, 2.75) is 84.9 Å². The molecule has 7 rings (SSSR count). The Morgan fingerprint density at radius 1 is 1.00 bits per heavy atom. The number of carbonyl (C=O) groups excluding carboxylic acids is 2. The van der Waals surface area contributed by atoms with Gasteiger partial charge in [-0.05, 0) is 82.9 Å². The summed E-state index contributed by atoms with van der Waals surface area (Å²) in [7, 11) is 1.96. The normalized spacial score (nSPS) is 17.1. The molecule has 51 heavy (non-hydrogen) atoms. The maximum atomic E-state index is 14.1. The Morgan fingerprint density at radius 3 is 2.55 bits per heavy atom. The number of nitrogens with zero attached hydrogens (tertiary/aromatic N) is 4. The molecule has 268 valence electrons. The smallest absolute Gasteiger partial charge is 0.410 e. The van der Waals surface area contributed by atoms with Crippen molar-refractivity contribution >= 4 is 45.3 Å². The van der Waals surface area contributed by atoms with E-state index in [-0.39, 0.29) is 30.6 Å². The first kappa shape index (κ1) is 34.9. The number of fused-ring (bicyclic) bond motifs is 5. The molecule has 9 nitrogen and oxygen atoms in total. The maximum Gasteiger partial charge on any atom is 0.410 e. The van der Waals surface area contributed by atoms with Gasteiger partial charge < -0.3 is 18.8 Å². The van der Waals surface area contributed by atoms with Crippen LogP contribution in [0.3, 0.4) is 0 Å². The van der Waals surface area contributed by atoms with E-state index in [1.165, 1.54) is 0 Å². The quantitative estimate of drug-likeness (QED) is 0.118. The summed E-state index contributed by atoms with van der Waals surface area (Å²) in [5.41, 5.74) is 5.33. The second-order valence-electron chi connectivity index (χ2n) is 14.6.